The summed E-state index contributed by atoms with van der Waals surface area (Å²) in [5, 5.41) is 16.8. The molecule has 4 unspecified atom stereocenters. The standard InChI is InChI=1S/C37H53N3O5/c1-6-24(2)31-20-11-10-19-30-22-21-29-17-12-16-28(34(29)45-30)18-13-23-38-35(42)32(25(3)27-14-8-7-9-15-27)39-36(43)33(26(4)41)40(5)37(31)44/h7-9,12,14-17,24-26,30-33,41H,6,10-11,13,18-23H2,1-5H3,(H,38,42)(H,39,43)/t24?,25?,26?,30?,31-,32+,33-/m0/s1. The molecule has 246 valence electrons. The molecule has 0 saturated heterocycles. The molecule has 0 saturated carbocycles. The molecule has 2 aromatic rings. The fraction of sp³-hybridized carbons (Fsp3) is 0.595. The van der Waals surface area contributed by atoms with Gasteiger partial charge in [-0.15, -0.1) is 0 Å². The summed E-state index contributed by atoms with van der Waals surface area (Å²) in [7, 11) is 1.60. The first-order valence-corrected chi connectivity index (χ1v) is 17.0. The number of fused-ring (bicyclic) bond motifs is 1. The number of carbonyl (C=O) groups excluding carboxylic acids is 3. The highest BCUT2D eigenvalue weighted by Crippen LogP contribution is 2.34. The maximum Gasteiger partial charge on any atom is 0.246 e. The van der Waals surface area contributed by atoms with Crippen molar-refractivity contribution in [3.05, 3.63) is 65.2 Å². The molecule has 0 spiro atoms. The second-order valence-corrected chi connectivity index (χ2v) is 13.2. The molecule has 0 radical (unpaired) electrons. The van der Waals surface area contributed by atoms with Gasteiger partial charge in [-0.2, -0.15) is 0 Å². The molecule has 2 heterocycles. The van der Waals surface area contributed by atoms with E-state index in [1.165, 1.54) is 17.4 Å². The first-order chi connectivity index (χ1) is 21.6. The van der Waals surface area contributed by atoms with Gasteiger partial charge in [0.05, 0.1) is 12.2 Å². The summed E-state index contributed by atoms with van der Waals surface area (Å²) in [5.41, 5.74) is 3.31. The first kappa shape index (κ1) is 34.5. The maximum absolute atomic E-state index is 14.0. The second kappa shape index (κ2) is 16.3. The van der Waals surface area contributed by atoms with Crippen LogP contribution in [0.3, 0.4) is 0 Å². The topological polar surface area (TPSA) is 108 Å². The number of hydrogen-bond acceptors (Lipinski definition) is 5. The number of rotatable bonds is 5. The van der Waals surface area contributed by atoms with Crippen molar-refractivity contribution in [2.45, 2.75) is 116 Å². The third-order valence-electron chi connectivity index (χ3n) is 9.96. The van der Waals surface area contributed by atoms with Gasteiger partial charge in [0.1, 0.15) is 17.8 Å². The molecule has 0 aromatic heterocycles. The minimum absolute atomic E-state index is 0.118. The lowest BCUT2D eigenvalue weighted by molar-refractivity contribution is -0.148. The predicted octanol–water partition coefficient (Wildman–Crippen LogP) is 5.16. The van der Waals surface area contributed by atoms with Crippen LogP contribution in [0.4, 0.5) is 0 Å². The van der Waals surface area contributed by atoms with Crippen molar-refractivity contribution in [1.29, 1.82) is 0 Å². The average Bonchev–Trinajstić information content (AvgIpc) is 3.04. The Bertz CT molecular complexity index is 1280. The van der Waals surface area contributed by atoms with Gasteiger partial charge in [-0.25, -0.2) is 0 Å². The zero-order valence-corrected chi connectivity index (χ0v) is 27.8. The van der Waals surface area contributed by atoms with Gasteiger partial charge in [0.2, 0.25) is 17.7 Å². The number of hydrogen-bond donors (Lipinski definition) is 3. The number of carbonyl (C=O) groups is 3. The summed E-state index contributed by atoms with van der Waals surface area (Å²) >= 11 is 0. The minimum Gasteiger partial charge on any atom is -0.490 e. The minimum atomic E-state index is -1.13. The average molecular weight is 620 g/mol. The second-order valence-electron chi connectivity index (χ2n) is 13.2. The van der Waals surface area contributed by atoms with Crippen molar-refractivity contribution >= 4 is 17.7 Å². The zero-order chi connectivity index (χ0) is 32.5. The number of benzene rings is 2. The Kier molecular flexibility index (Phi) is 12.5. The number of nitrogens with zero attached hydrogens (tertiary/aromatic N) is 1. The van der Waals surface area contributed by atoms with Crippen LogP contribution < -0.4 is 15.4 Å². The van der Waals surface area contributed by atoms with E-state index in [0.717, 1.165) is 68.2 Å². The Hall–Kier alpha value is -3.39. The predicted molar refractivity (Wildman–Crippen MR) is 177 cm³/mol. The largest absolute Gasteiger partial charge is 0.490 e. The molecular formula is C37H53N3O5. The number of aryl methyl sites for hydroxylation is 2. The molecule has 3 amide bonds. The van der Waals surface area contributed by atoms with E-state index in [2.05, 4.69) is 42.7 Å². The van der Waals surface area contributed by atoms with Crippen LogP contribution in [0.15, 0.2) is 48.5 Å². The van der Waals surface area contributed by atoms with Gasteiger partial charge in [-0.3, -0.25) is 14.4 Å². The van der Waals surface area contributed by atoms with E-state index in [-0.39, 0.29) is 35.7 Å². The fourth-order valence-corrected chi connectivity index (χ4v) is 6.92. The summed E-state index contributed by atoms with van der Waals surface area (Å²) in [6.45, 7) is 8.03. The zero-order valence-electron chi connectivity index (χ0n) is 27.8. The number of ether oxygens (including phenoxy) is 1. The lowest BCUT2D eigenvalue weighted by Gasteiger charge is -2.35. The van der Waals surface area contributed by atoms with Gasteiger partial charge in [0, 0.05) is 25.4 Å². The highest BCUT2D eigenvalue weighted by Gasteiger charge is 2.38. The summed E-state index contributed by atoms with van der Waals surface area (Å²) in [6, 6.07) is 13.9. The molecule has 2 aliphatic rings. The third kappa shape index (κ3) is 8.66. The summed E-state index contributed by atoms with van der Waals surface area (Å²) in [5.74, 6) is -0.488. The van der Waals surface area contributed by atoms with Crippen molar-refractivity contribution in [2.24, 2.45) is 11.8 Å². The van der Waals surface area contributed by atoms with E-state index in [1.54, 1.807) is 7.05 Å². The molecule has 2 aliphatic heterocycles. The van der Waals surface area contributed by atoms with Crippen LogP contribution in [-0.4, -0.2) is 65.6 Å². The number of amides is 3. The van der Waals surface area contributed by atoms with Gasteiger partial charge >= 0.3 is 0 Å². The number of nitrogens with one attached hydrogen (secondary N) is 2. The van der Waals surface area contributed by atoms with E-state index in [1.807, 2.05) is 37.3 Å². The van der Waals surface area contributed by atoms with Crippen LogP contribution in [0.1, 0.15) is 95.2 Å². The molecule has 7 atom stereocenters. The van der Waals surface area contributed by atoms with Gasteiger partial charge in [-0.05, 0) is 74.5 Å². The van der Waals surface area contributed by atoms with Crippen molar-refractivity contribution in [2.75, 3.05) is 13.6 Å². The number of aliphatic hydroxyl groups excluding tert-OH is 1. The smallest absolute Gasteiger partial charge is 0.246 e. The molecule has 4 rings (SSSR count). The van der Waals surface area contributed by atoms with Crippen LogP contribution in [0.2, 0.25) is 0 Å². The molecule has 8 nitrogen and oxygen atoms in total. The molecule has 2 aromatic carbocycles. The Morgan fingerprint density at radius 3 is 2.27 bits per heavy atom. The molecule has 0 aliphatic carbocycles. The third-order valence-corrected chi connectivity index (χ3v) is 9.96. The first-order valence-electron chi connectivity index (χ1n) is 17.0. The van der Waals surface area contributed by atoms with E-state index in [4.69, 9.17) is 4.74 Å². The molecular weight excluding hydrogens is 566 g/mol. The molecule has 3 N–H and O–H groups in total. The lowest BCUT2D eigenvalue weighted by Crippen LogP contribution is -2.59. The summed E-state index contributed by atoms with van der Waals surface area (Å²) in [6.07, 6.45) is 6.79. The van der Waals surface area contributed by atoms with E-state index >= 15 is 0 Å². The van der Waals surface area contributed by atoms with Crippen molar-refractivity contribution in [1.82, 2.24) is 15.5 Å². The lowest BCUT2D eigenvalue weighted by atomic mass is 9.85. The maximum atomic E-state index is 14.0. The monoisotopic (exact) mass is 619 g/mol. The Morgan fingerprint density at radius 2 is 1.58 bits per heavy atom. The van der Waals surface area contributed by atoms with E-state index in [0.29, 0.717) is 13.0 Å². The Morgan fingerprint density at radius 1 is 0.889 bits per heavy atom. The van der Waals surface area contributed by atoms with Crippen molar-refractivity contribution in [3.63, 3.8) is 0 Å². The van der Waals surface area contributed by atoms with Crippen LogP contribution in [0.25, 0.3) is 0 Å². The highest BCUT2D eigenvalue weighted by molar-refractivity contribution is 5.93. The Balaban J connectivity index is 1.64. The SMILES string of the molecule is CCC(C)[C@@H]1CCCCC2CCc3cccc(c3O2)CCCNC(=O)[C@@H](C(C)c2ccccc2)NC(=O)[C@H](C(C)O)N(C)C1=O. The Labute approximate surface area is 269 Å². The van der Waals surface area contributed by atoms with Crippen LogP contribution >= 0.6 is 0 Å². The normalized spacial score (nSPS) is 26.1. The number of likely N-dealkylation sites (N-methyl/N-ethyl adjacent to an activating group) is 1. The highest BCUT2D eigenvalue weighted by atomic mass is 16.5. The van der Waals surface area contributed by atoms with E-state index in [9.17, 15) is 19.5 Å². The summed E-state index contributed by atoms with van der Waals surface area (Å²) < 4.78 is 6.56. The number of para-hydroxylation sites is 1. The van der Waals surface area contributed by atoms with Crippen LogP contribution in [-0.2, 0) is 27.2 Å². The molecule has 2 bridgehead atoms. The summed E-state index contributed by atoms with van der Waals surface area (Å²) in [4.78, 5) is 43.0. The van der Waals surface area contributed by atoms with Gasteiger partial charge in [-0.1, -0.05) is 82.1 Å². The van der Waals surface area contributed by atoms with Crippen LogP contribution in [0.5, 0.6) is 5.75 Å². The van der Waals surface area contributed by atoms with Gasteiger partial charge in [0.25, 0.3) is 0 Å². The van der Waals surface area contributed by atoms with Gasteiger partial charge < -0.3 is 25.4 Å². The molecule has 8 heteroatoms. The molecule has 45 heavy (non-hydrogen) atoms. The van der Waals surface area contributed by atoms with E-state index < -0.39 is 24.1 Å². The quantitative estimate of drug-likeness (QED) is 0.429. The van der Waals surface area contributed by atoms with Crippen molar-refractivity contribution in [3.8, 4) is 5.75 Å². The van der Waals surface area contributed by atoms with Crippen LogP contribution in [0, 0.1) is 11.8 Å². The molecule has 0 fully saturated rings. The number of aliphatic hydroxyl groups is 1. The van der Waals surface area contributed by atoms with Gasteiger partial charge in [0.15, 0.2) is 0 Å². The van der Waals surface area contributed by atoms with Crippen molar-refractivity contribution < 1.29 is 24.2 Å². The fourth-order valence-electron chi connectivity index (χ4n) is 6.92.